The van der Waals surface area contributed by atoms with E-state index in [1.807, 2.05) is 22.8 Å². The third-order valence-electron chi connectivity index (χ3n) is 5.02. The molecule has 0 bridgehead atoms. The van der Waals surface area contributed by atoms with Crippen LogP contribution in [0.25, 0.3) is 0 Å². The smallest absolute Gasteiger partial charge is 0.231 e. The average molecular weight is 285 g/mol. The van der Waals surface area contributed by atoms with Crippen molar-refractivity contribution in [2.45, 2.75) is 31.8 Å². The number of likely N-dealkylation sites (N-methyl/N-ethyl adjacent to an activating group) is 1. The van der Waals surface area contributed by atoms with Crippen LogP contribution < -0.4 is 10.2 Å². The maximum absolute atomic E-state index is 12.0. The molecule has 1 aromatic carbocycles. The fourth-order valence-corrected chi connectivity index (χ4v) is 4.03. The average Bonchev–Trinajstić information content (AvgIpc) is 3.11. The van der Waals surface area contributed by atoms with Gasteiger partial charge in [0.2, 0.25) is 11.8 Å². The lowest BCUT2D eigenvalue weighted by molar-refractivity contribution is -0.130. The zero-order chi connectivity index (χ0) is 14.6. The van der Waals surface area contributed by atoms with E-state index in [1.54, 1.807) is 0 Å². The van der Waals surface area contributed by atoms with Crippen molar-refractivity contribution in [3.63, 3.8) is 0 Å². The van der Waals surface area contributed by atoms with Gasteiger partial charge in [-0.1, -0.05) is 6.07 Å². The first-order chi connectivity index (χ1) is 10.2. The van der Waals surface area contributed by atoms with Gasteiger partial charge in [-0.2, -0.15) is 0 Å². The molecule has 1 aromatic rings. The molecule has 0 saturated carbocycles. The van der Waals surface area contributed by atoms with Crippen LogP contribution in [0.4, 0.5) is 5.69 Å². The number of hydrogen-bond acceptors (Lipinski definition) is 3. The first-order valence-electron chi connectivity index (χ1n) is 7.65. The molecule has 0 spiro atoms. The van der Waals surface area contributed by atoms with Crippen LogP contribution in [0.15, 0.2) is 18.2 Å². The molecule has 1 unspecified atom stereocenters. The molecular weight excluding hydrogens is 266 g/mol. The summed E-state index contributed by atoms with van der Waals surface area (Å²) in [6.07, 6.45) is 1.89. The Morgan fingerprint density at radius 1 is 1.29 bits per heavy atom. The highest BCUT2D eigenvalue weighted by atomic mass is 16.2. The molecule has 3 aliphatic rings. The van der Waals surface area contributed by atoms with Crippen molar-refractivity contribution in [3.8, 4) is 0 Å². The second-order valence-corrected chi connectivity index (χ2v) is 5.99. The van der Waals surface area contributed by atoms with Crippen molar-refractivity contribution in [1.82, 2.24) is 10.2 Å². The SMILES string of the molecule is CCN1C(=O)Cc2cc(C34CCC(=O)N3CCN4)ccc21. The van der Waals surface area contributed by atoms with Crippen LogP contribution in [0.3, 0.4) is 0 Å². The third kappa shape index (κ3) is 1.61. The van der Waals surface area contributed by atoms with E-state index in [0.29, 0.717) is 19.4 Å². The van der Waals surface area contributed by atoms with Gasteiger partial charge >= 0.3 is 0 Å². The van der Waals surface area contributed by atoms with Crippen LogP contribution in [0.5, 0.6) is 0 Å². The highest BCUT2D eigenvalue weighted by Gasteiger charge is 2.49. The molecule has 1 atom stereocenters. The summed E-state index contributed by atoms with van der Waals surface area (Å²) in [7, 11) is 0. The van der Waals surface area contributed by atoms with Gasteiger partial charge in [0.15, 0.2) is 0 Å². The van der Waals surface area contributed by atoms with Crippen molar-refractivity contribution >= 4 is 17.5 Å². The Morgan fingerprint density at radius 3 is 2.95 bits per heavy atom. The molecule has 5 nitrogen and oxygen atoms in total. The van der Waals surface area contributed by atoms with Gasteiger partial charge in [-0.05, 0) is 36.6 Å². The second kappa shape index (κ2) is 4.31. The molecule has 2 fully saturated rings. The minimum atomic E-state index is -0.338. The van der Waals surface area contributed by atoms with Crippen molar-refractivity contribution in [2.24, 2.45) is 0 Å². The summed E-state index contributed by atoms with van der Waals surface area (Å²) in [5.41, 5.74) is 2.89. The number of fused-ring (bicyclic) bond motifs is 2. The largest absolute Gasteiger partial charge is 0.319 e. The molecule has 0 aromatic heterocycles. The molecule has 4 rings (SSSR count). The van der Waals surface area contributed by atoms with E-state index in [2.05, 4.69) is 17.4 Å². The highest BCUT2D eigenvalue weighted by molar-refractivity contribution is 6.01. The molecule has 3 heterocycles. The summed E-state index contributed by atoms with van der Waals surface area (Å²) in [5, 5.41) is 3.51. The number of amides is 2. The molecular formula is C16H19N3O2. The van der Waals surface area contributed by atoms with Gasteiger partial charge in [-0.3, -0.25) is 14.9 Å². The van der Waals surface area contributed by atoms with E-state index in [-0.39, 0.29) is 17.5 Å². The molecule has 110 valence electrons. The summed E-state index contributed by atoms with van der Waals surface area (Å²) in [5.74, 6) is 0.396. The predicted octanol–water partition coefficient (Wildman–Crippen LogP) is 0.974. The van der Waals surface area contributed by atoms with E-state index in [4.69, 9.17) is 0 Å². The van der Waals surface area contributed by atoms with Gasteiger partial charge < -0.3 is 9.80 Å². The number of carbonyl (C=O) groups excluding carboxylic acids is 2. The fraction of sp³-hybridized carbons (Fsp3) is 0.500. The van der Waals surface area contributed by atoms with Gasteiger partial charge in [0.1, 0.15) is 5.66 Å². The monoisotopic (exact) mass is 285 g/mol. The van der Waals surface area contributed by atoms with Crippen LogP contribution in [-0.4, -0.2) is 36.3 Å². The summed E-state index contributed by atoms with van der Waals surface area (Å²) in [6, 6.07) is 6.23. The van der Waals surface area contributed by atoms with Crippen LogP contribution in [0.1, 0.15) is 30.9 Å². The Balaban J connectivity index is 1.77. The maximum Gasteiger partial charge on any atom is 0.231 e. The first kappa shape index (κ1) is 12.8. The standard InChI is InChI=1S/C16H19N3O2/c1-2-18-13-4-3-12(9-11(13)10-15(18)21)16-6-5-14(20)19(16)8-7-17-16/h3-4,9,17H,2,5-8,10H2,1H3. The Morgan fingerprint density at radius 2 is 2.14 bits per heavy atom. The Hall–Kier alpha value is -1.88. The number of anilines is 1. The Kier molecular flexibility index (Phi) is 2.63. The zero-order valence-corrected chi connectivity index (χ0v) is 12.2. The normalized spacial score (nSPS) is 27.5. The summed E-state index contributed by atoms with van der Waals surface area (Å²) < 4.78 is 0. The lowest BCUT2D eigenvalue weighted by Crippen LogP contribution is -2.45. The van der Waals surface area contributed by atoms with E-state index in [9.17, 15) is 9.59 Å². The number of rotatable bonds is 2. The second-order valence-electron chi connectivity index (χ2n) is 5.99. The lowest BCUT2D eigenvalue weighted by Gasteiger charge is -2.33. The van der Waals surface area contributed by atoms with Gasteiger partial charge in [0, 0.05) is 31.7 Å². The first-order valence-corrected chi connectivity index (χ1v) is 7.65. The zero-order valence-electron chi connectivity index (χ0n) is 12.2. The van der Waals surface area contributed by atoms with Crippen LogP contribution in [0, 0.1) is 0 Å². The molecule has 1 N–H and O–H groups in total. The number of nitrogens with one attached hydrogen (secondary N) is 1. The quantitative estimate of drug-likeness (QED) is 0.881. The molecule has 3 aliphatic heterocycles. The maximum atomic E-state index is 12.0. The minimum absolute atomic E-state index is 0.167. The number of nitrogens with zero attached hydrogens (tertiary/aromatic N) is 2. The summed E-state index contributed by atoms with van der Waals surface area (Å²) >= 11 is 0. The van der Waals surface area contributed by atoms with E-state index >= 15 is 0 Å². The van der Waals surface area contributed by atoms with Gasteiger partial charge in [-0.25, -0.2) is 0 Å². The lowest BCUT2D eigenvalue weighted by atomic mass is 9.95. The Bertz CT molecular complexity index is 642. The fourth-order valence-electron chi connectivity index (χ4n) is 4.03. The summed E-state index contributed by atoms with van der Waals surface area (Å²) in [4.78, 5) is 27.9. The Labute approximate surface area is 123 Å². The molecule has 2 saturated heterocycles. The topological polar surface area (TPSA) is 52.7 Å². The van der Waals surface area contributed by atoms with E-state index in [0.717, 1.165) is 36.3 Å². The van der Waals surface area contributed by atoms with Gasteiger partial charge in [0.25, 0.3) is 0 Å². The van der Waals surface area contributed by atoms with Crippen molar-refractivity contribution in [1.29, 1.82) is 0 Å². The highest BCUT2D eigenvalue weighted by Crippen LogP contribution is 2.42. The number of benzene rings is 1. The predicted molar refractivity (Wildman–Crippen MR) is 78.8 cm³/mol. The molecule has 0 aliphatic carbocycles. The minimum Gasteiger partial charge on any atom is -0.319 e. The molecule has 0 radical (unpaired) electrons. The van der Waals surface area contributed by atoms with Crippen LogP contribution >= 0.6 is 0 Å². The van der Waals surface area contributed by atoms with Crippen molar-refractivity contribution < 1.29 is 9.59 Å². The van der Waals surface area contributed by atoms with Crippen LogP contribution in [-0.2, 0) is 21.7 Å². The molecule has 5 heteroatoms. The molecule has 2 amide bonds. The van der Waals surface area contributed by atoms with Crippen LogP contribution in [0.2, 0.25) is 0 Å². The van der Waals surface area contributed by atoms with E-state index in [1.165, 1.54) is 0 Å². The summed E-state index contributed by atoms with van der Waals surface area (Å²) in [6.45, 7) is 4.31. The van der Waals surface area contributed by atoms with Gasteiger partial charge in [0.05, 0.1) is 6.42 Å². The van der Waals surface area contributed by atoms with Crippen molar-refractivity contribution in [3.05, 3.63) is 29.3 Å². The molecule has 21 heavy (non-hydrogen) atoms. The van der Waals surface area contributed by atoms with Crippen molar-refractivity contribution in [2.75, 3.05) is 24.5 Å². The van der Waals surface area contributed by atoms with E-state index < -0.39 is 0 Å². The number of carbonyl (C=O) groups is 2. The van der Waals surface area contributed by atoms with Gasteiger partial charge in [-0.15, -0.1) is 0 Å². The third-order valence-corrected chi connectivity index (χ3v) is 5.02. The number of hydrogen-bond donors (Lipinski definition) is 1.